The molecule has 4 amide bonds. The molecule has 3 heterocycles. The Labute approximate surface area is 281 Å². The van der Waals surface area contributed by atoms with Crippen LogP contribution in [0.1, 0.15) is 75.6 Å². The number of carbonyl (C=O) groups is 5. The molecule has 0 saturated carbocycles. The third kappa shape index (κ3) is 6.96. The zero-order valence-corrected chi connectivity index (χ0v) is 26.8. The normalized spacial score (nSPS) is 15.9. The van der Waals surface area contributed by atoms with Gasteiger partial charge in [-0.15, -0.1) is 0 Å². The van der Waals surface area contributed by atoms with Crippen LogP contribution in [0.25, 0.3) is 0 Å². The molecule has 3 N–H and O–H groups in total. The first-order valence-electron chi connectivity index (χ1n) is 15.7. The van der Waals surface area contributed by atoms with E-state index in [9.17, 15) is 24.0 Å². The van der Waals surface area contributed by atoms with Crippen molar-refractivity contribution in [2.24, 2.45) is 0 Å². The lowest BCUT2D eigenvalue weighted by Crippen LogP contribution is -2.54. The summed E-state index contributed by atoms with van der Waals surface area (Å²) in [5, 5.41) is 14.5. The zero-order valence-electron chi connectivity index (χ0n) is 26.8. The monoisotopic (exact) mass is 663 g/mol. The van der Waals surface area contributed by atoms with Crippen LogP contribution in [-0.4, -0.2) is 68.8 Å². The lowest BCUT2D eigenvalue weighted by molar-refractivity contribution is -0.136. The van der Waals surface area contributed by atoms with Crippen molar-refractivity contribution in [3.63, 3.8) is 0 Å². The number of carboxylic acids is 1. The fraction of sp³-hybridized carbons (Fsp3) is 0.250. The quantitative estimate of drug-likeness (QED) is 0.143. The van der Waals surface area contributed by atoms with Crippen molar-refractivity contribution >= 4 is 35.3 Å². The Morgan fingerprint density at radius 3 is 2.29 bits per heavy atom. The molecule has 4 aromatic rings. The Balaban J connectivity index is 0.981. The Hall–Kier alpha value is -6.11. The maximum absolute atomic E-state index is 13.1. The average Bonchev–Trinajstić information content (AvgIpc) is 3.33. The van der Waals surface area contributed by atoms with Crippen LogP contribution in [0.3, 0.4) is 0 Å². The number of nitrogens with zero attached hydrogens (tertiary/aromatic N) is 3. The van der Waals surface area contributed by atoms with E-state index in [1.54, 1.807) is 30.3 Å². The molecule has 0 aliphatic carbocycles. The van der Waals surface area contributed by atoms with E-state index in [4.69, 9.17) is 14.6 Å². The molecular formula is C36H33N5O8. The highest BCUT2D eigenvalue weighted by molar-refractivity contribution is 6.23. The van der Waals surface area contributed by atoms with Gasteiger partial charge in [-0.3, -0.25) is 29.4 Å². The van der Waals surface area contributed by atoms with Crippen LogP contribution < -0.4 is 20.1 Å². The van der Waals surface area contributed by atoms with Crippen molar-refractivity contribution in [2.45, 2.75) is 44.6 Å². The second-order valence-corrected chi connectivity index (χ2v) is 12.1. The molecule has 49 heavy (non-hydrogen) atoms. The molecule has 1 saturated heterocycles. The molecule has 13 heteroatoms. The van der Waals surface area contributed by atoms with Gasteiger partial charge >= 0.3 is 5.97 Å². The summed E-state index contributed by atoms with van der Waals surface area (Å²) >= 11 is 0. The van der Waals surface area contributed by atoms with Crippen LogP contribution in [-0.2, 0) is 15.0 Å². The third-order valence-corrected chi connectivity index (χ3v) is 8.55. The summed E-state index contributed by atoms with van der Waals surface area (Å²) in [6.45, 7) is 5.23. The van der Waals surface area contributed by atoms with Gasteiger partial charge in [0.2, 0.25) is 23.5 Å². The highest BCUT2D eigenvalue weighted by atomic mass is 16.5. The van der Waals surface area contributed by atoms with Gasteiger partial charge in [0, 0.05) is 36.3 Å². The van der Waals surface area contributed by atoms with Crippen LogP contribution in [0.4, 0.5) is 5.69 Å². The molecule has 0 radical (unpaired) electrons. The van der Waals surface area contributed by atoms with Gasteiger partial charge in [-0.2, -0.15) is 4.98 Å². The van der Waals surface area contributed by atoms with Gasteiger partial charge in [0.15, 0.2) is 0 Å². The predicted molar refractivity (Wildman–Crippen MR) is 176 cm³/mol. The van der Waals surface area contributed by atoms with Crippen LogP contribution in [0.15, 0.2) is 79.0 Å². The largest absolute Gasteiger partial charge is 0.494 e. The molecule has 3 aromatic carbocycles. The maximum Gasteiger partial charge on any atom is 0.374 e. The summed E-state index contributed by atoms with van der Waals surface area (Å²) in [7, 11) is 0. The number of hydrogen-bond acceptors (Lipinski definition) is 10. The number of aromatic carboxylic acids is 1. The number of fused-ring (bicyclic) bond motifs is 1. The first-order valence-corrected chi connectivity index (χ1v) is 15.7. The van der Waals surface area contributed by atoms with E-state index in [1.165, 1.54) is 12.3 Å². The number of nitrogens with one attached hydrogen (secondary N) is 2. The standard InChI is InChI=1S/C36H33N5O8/c1-36(2,22-6-11-25(12-7-22)49-30-16-18-38-31(40-30)35(46)47)21-4-9-24(10-5-21)48-19-3-17-37-23-8-13-26-27(20-23)34(45)41(33(26)44)28-14-15-29(42)39-32(28)43/h4-13,16,18,20,28,37H,3,14-15,17,19H2,1-2H3,(H,46,47)(H,39,42,43). The Bertz CT molecular complexity index is 1940. The molecule has 2 aliphatic heterocycles. The van der Waals surface area contributed by atoms with E-state index < -0.39 is 35.6 Å². The topological polar surface area (TPSA) is 177 Å². The predicted octanol–water partition coefficient (Wildman–Crippen LogP) is 4.58. The number of ether oxygens (including phenoxy) is 2. The van der Waals surface area contributed by atoms with E-state index in [0.717, 1.165) is 21.8 Å². The number of benzene rings is 3. The number of hydrogen-bond donors (Lipinski definition) is 3. The van der Waals surface area contributed by atoms with Gasteiger partial charge in [0.05, 0.1) is 17.7 Å². The van der Waals surface area contributed by atoms with Gasteiger partial charge in [0.1, 0.15) is 17.5 Å². The number of amides is 4. The van der Waals surface area contributed by atoms with Gasteiger partial charge in [-0.1, -0.05) is 38.1 Å². The minimum absolute atomic E-state index is 0.0692. The van der Waals surface area contributed by atoms with E-state index in [-0.39, 0.29) is 41.1 Å². The summed E-state index contributed by atoms with van der Waals surface area (Å²) in [4.78, 5) is 69.4. The molecule has 1 atom stereocenters. The van der Waals surface area contributed by atoms with E-state index in [2.05, 4.69) is 34.4 Å². The minimum atomic E-state index is -1.23. The molecule has 0 spiro atoms. The Morgan fingerprint density at radius 2 is 1.61 bits per heavy atom. The molecule has 6 rings (SSSR count). The van der Waals surface area contributed by atoms with Gasteiger partial charge in [-0.05, 0) is 66.4 Å². The smallest absolute Gasteiger partial charge is 0.374 e. The van der Waals surface area contributed by atoms with E-state index >= 15 is 0 Å². The molecule has 1 unspecified atom stereocenters. The van der Waals surface area contributed by atoms with Gasteiger partial charge < -0.3 is 19.9 Å². The fourth-order valence-corrected chi connectivity index (χ4v) is 5.77. The van der Waals surface area contributed by atoms with E-state index in [1.807, 2.05) is 36.4 Å². The molecule has 250 valence electrons. The van der Waals surface area contributed by atoms with Crippen LogP contribution in [0.2, 0.25) is 0 Å². The Morgan fingerprint density at radius 1 is 0.939 bits per heavy atom. The van der Waals surface area contributed by atoms with Crippen molar-refractivity contribution in [1.82, 2.24) is 20.2 Å². The number of aromatic nitrogens is 2. The highest BCUT2D eigenvalue weighted by Crippen LogP contribution is 2.34. The summed E-state index contributed by atoms with van der Waals surface area (Å²) < 4.78 is 11.7. The van der Waals surface area contributed by atoms with Crippen molar-refractivity contribution in [3.8, 4) is 17.4 Å². The van der Waals surface area contributed by atoms with Gasteiger partial charge in [0.25, 0.3) is 11.8 Å². The first-order chi connectivity index (χ1) is 23.5. The molecule has 0 bridgehead atoms. The van der Waals surface area contributed by atoms with Crippen molar-refractivity contribution in [2.75, 3.05) is 18.5 Å². The number of carbonyl (C=O) groups excluding carboxylic acids is 4. The second kappa shape index (κ2) is 13.6. The summed E-state index contributed by atoms with van der Waals surface area (Å²) in [6.07, 6.45) is 2.18. The summed E-state index contributed by atoms with van der Waals surface area (Å²) in [5.41, 5.74) is 2.93. The van der Waals surface area contributed by atoms with Crippen molar-refractivity contribution < 1.29 is 38.6 Å². The number of carboxylic acid groups (broad SMARTS) is 1. The molecule has 2 aliphatic rings. The second-order valence-electron chi connectivity index (χ2n) is 12.1. The maximum atomic E-state index is 13.1. The van der Waals surface area contributed by atoms with Crippen molar-refractivity contribution in [1.29, 1.82) is 0 Å². The SMILES string of the molecule is CC(C)(c1ccc(OCCCNc2ccc3c(c2)C(=O)N(C2CCC(=O)NC2=O)C3=O)cc1)c1ccc(Oc2ccnc(C(=O)O)n2)cc1. The third-order valence-electron chi connectivity index (χ3n) is 8.55. The van der Waals surface area contributed by atoms with Crippen LogP contribution >= 0.6 is 0 Å². The number of rotatable bonds is 12. The zero-order chi connectivity index (χ0) is 34.7. The summed E-state index contributed by atoms with van der Waals surface area (Å²) in [5.74, 6) is -2.32. The first kappa shape index (κ1) is 32.8. The lowest BCUT2D eigenvalue weighted by atomic mass is 9.78. The van der Waals surface area contributed by atoms with Crippen LogP contribution in [0.5, 0.6) is 17.4 Å². The van der Waals surface area contributed by atoms with Crippen LogP contribution in [0, 0.1) is 0 Å². The minimum Gasteiger partial charge on any atom is -0.494 e. The van der Waals surface area contributed by atoms with Gasteiger partial charge in [-0.25, -0.2) is 9.78 Å². The number of piperidine rings is 1. The molecule has 1 fully saturated rings. The molecule has 13 nitrogen and oxygen atoms in total. The Kier molecular flexibility index (Phi) is 9.08. The number of imide groups is 2. The highest BCUT2D eigenvalue weighted by Gasteiger charge is 2.44. The molecule has 1 aromatic heterocycles. The molecular weight excluding hydrogens is 630 g/mol. The van der Waals surface area contributed by atoms with E-state index in [0.29, 0.717) is 31.0 Å². The van der Waals surface area contributed by atoms with Crippen molar-refractivity contribution in [3.05, 3.63) is 107 Å². The average molecular weight is 664 g/mol. The summed E-state index contributed by atoms with van der Waals surface area (Å²) in [6, 6.07) is 20.8. The fourth-order valence-electron chi connectivity index (χ4n) is 5.77. The number of anilines is 1. The lowest BCUT2D eigenvalue weighted by Gasteiger charge is -2.27.